The van der Waals surface area contributed by atoms with E-state index in [1.54, 1.807) is 54.7 Å². The van der Waals surface area contributed by atoms with Gasteiger partial charge in [0.2, 0.25) is 9.84 Å². The first-order valence-electron chi connectivity index (χ1n) is 10.4. The summed E-state index contributed by atoms with van der Waals surface area (Å²) < 4.78 is 29.8. The fourth-order valence-electron chi connectivity index (χ4n) is 3.95. The minimum absolute atomic E-state index is 0.0387. The number of fused-ring (bicyclic) bond motifs is 2. The Hall–Kier alpha value is -3.75. The lowest BCUT2D eigenvalue weighted by atomic mass is 10.2. The summed E-state index contributed by atoms with van der Waals surface area (Å²) in [6.45, 7) is 1.91. The topological polar surface area (TPSA) is 97.3 Å². The van der Waals surface area contributed by atoms with Gasteiger partial charge in [-0.05, 0) is 48.4 Å². The Balaban J connectivity index is 1.92. The van der Waals surface area contributed by atoms with Crippen LogP contribution in [0.3, 0.4) is 0 Å². The lowest BCUT2D eigenvalue weighted by molar-refractivity contribution is 0.591. The Morgan fingerprint density at radius 1 is 0.971 bits per heavy atom. The summed E-state index contributed by atoms with van der Waals surface area (Å²) in [5, 5.41) is 9.44. The number of aromatic nitrogens is 3. The number of benzene rings is 2. The molecular formula is C25H19ClN4O3S. The van der Waals surface area contributed by atoms with Crippen LogP contribution in [0.15, 0.2) is 93.6 Å². The van der Waals surface area contributed by atoms with Gasteiger partial charge in [0.25, 0.3) is 5.56 Å². The number of aryl methyl sites for hydroxylation is 1. The lowest BCUT2D eigenvalue weighted by Crippen LogP contribution is -2.30. The fourth-order valence-corrected chi connectivity index (χ4v) is 5.56. The van der Waals surface area contributed by atoms with Gasteiger partial charge in [-0.2, -0.15) is 0 Å². The molecule has 5 aromatic rings. The number of pyridine rings is 2. The molecule has 1 N–H and O–H groups in total. The van der Waals surface area contributed by atoms with Crippen molar-refractivity contribution in [2.75, 3.05) is 0 Å². The molecule has 0 saturated carbocycles. The molecule has 7 nitrogen and oxygen atoms in total. The number of hydrogen-bond donors (Lipinski definition) is 1. The second-order valence-corrected chi connectivity index (χ2v) is 10.2. The summed E-state index contributed by atoms with van der Waals surface area (Å²) >= 11 is 6.38. The molecule has 0 aliphatic rings. The van der Waals surface area contributed by atoms with Crippen LogP contribution in [0.1, 0.15) is 11.1 Å². The van der Waals surface area contributed by atoms with Gasteiger partial charge in [-0.3, -0.25) is 14.6 Å². The van der Waals surface area contributed by atoms with Gasteiger partial charge in [-0.1, -0.05) is 54.1 Å². The monoisotopic (exact) mass is 490 g/mol. The van der Waals surface area contributed by atoms with Gasteiger partial charge in [0.1, 0.15) is 21.7 Å². The summed E-state index contributed by atoms with van der Waals surface area (Å²) in [7, 11) is -4.08. The molecule has 0 radical (unpaired) electrons. The normalized spacial score (nSPS) is 11.8. The van der Waals surface area contributed by atoms with Gasteiger partial charge in [0.05, 0.1) is 16.8 Å². The van der Waals surface area contributed by atoms with Gasteiger partial charge in [0, 0.05) is 11.2 Å². The first kappa shape index (κ1) is 22.1. The molecule has 0 aliphatic heterocycles. The maximum atomic E-state index is 13.5. The molecule has 3 aromatic heterocycles. The number of halogens is 1. The smallest absolute Gasteiger partial charge is 0.267 e. The van der Waals surface area contributed by atoms with Crippen molar-refractivity contribution in [2.24, 2.45) is 0 Å². The predicted octanol–water partition coefficient (Wildman–Crippen LogP) is 3.97. The zero-order chi connectivity index (χ0) is 24.0. The SMILES string of the molecule is Cc1cccn2c(=O)c3cc(S(=O)(=O)c4ccccc4)c(=N)n(Cc4ccccc4Cl)c3nc12. The van der Waals surface area contributed by atoms with Crippen molar-refractivity contribution >= 4 is 38.1 Å². The van der Waals surface area contributed by atoms with Crippen LogP contribution in [0.4, 0.5) is 0 Å². The predicted molar refractivity (Wildman–Crippen MR) is 130 cm³/mol. The number of sulfone groups is 1. The molecule has 0 amide bonds. The maximum Gasteiger partial charge on any atom is 0.267 e. The third kappa shape index (κ3) is 3.52. The Morgan fingerprint density at radius 3 is 2.41 bits per heavy atom. The van der Waals surface area contributed by atoms with E-state index in [1.807, 2.05) is 13.0 Å². The molecular weight excluding hydrogens is 472 g/mol. The van der Waals surface area contributed by atoms with Crippen molar-refractivity contribution in [2.45, 2.75) is 23.3 Å². The Morgan fingerprint density at radius 2 is 1.68 bits per heavy atom. The summed E-state index contributed by atoms with van der Waals surface area (Å²) in [4.78, 5) is 17.9. The van der Waals surface area contributed by atoms with E-state index in [1.165, 1.54) is 27.2 Å². The van der Waals surface area contributed by atoms with Gasteiger partial charge < -0.3 is 4.57 Å². The summed E-state index contributed by atoms with van der Waals surface area (Å²) in [6, 6.07) is 19.8. The molecule has 0 aliphatic carbocycles. The standard InChI is InChI=1S/C25H19ClN4O3S/c1-16-8-7-13-29-23(16)28-24-19(25(29)31)14-21(34(32,33)18-10-3-2-4-11-18)22(27)30(24)15-17-9-5-6-12-20(17)26/h2-14,27H,15H2,1H3. The van der Waals surface area contributed by atoms with Crippen molar-refractivity contribution in [1.82, 2.24) is 14.0 Å². The first-order valence-corrected chi connectivity index (χ1v) is 12.3. The average molecular weight is 491 g/mol. The fraction of sp³-hybridized carbons (Fsp3) is 0.0800. The van der Waals surface area contributed by atoms with E-state index in [-0.39, 0.29) is 32.9 Å². The highest BCUT2D eigenvalue weighted by Crippen LogP contribution is 2.23. The van der Waals surface area contributed by atoms with E-state index in [4.69, 9.17) is 17.0 Å². The third-order valence-corrected chi connectivity index (χ3v) is 7.88. The van der Waals surface area contributed by atoms with Gasteiger partial charge >= 0.3 is 0 Å². The molecule has 2 aromatic carbocycles. The molecule has 0 unspecified atom stereocenters. The number of nitrogens with zero attached hydrogens (tertiary/aromatic N) is 3. The van der Waals surface area contributed by atoms with Crippen molar-refractivity contribution in [1.29, 1.82) is 5.41 Å². The minimum Gasteiger partial charge on any atom is -0.305 e. The third-order valence-electron chi connectivity index (χ3n) is 5.73. The van der Waals surface area contributed by atoms with E-state index in [9.17, 15) is 13.2 Å². The second-order valence-electron chi connectivity index (χ2n) is 7.89. The van der Waals surface area contributed by atoms with E-state index in [2.05, 4.69) is 4.98 Å². The quantitative estimate of drug-likeness (QED) is 0.385. The van der Waals surface area contributed by atoms with Crippen LogP contribution in [-0.2, 0) is 16.4 Å². The Kier molecular flexibility index (Phi) is 5.34. The highest BCUT2D eigenvalue weighted by Gasteiger charge is 2.24. The maximum absolute atomic E-state index is 13.5. The van der Waals surface area contributed by atoms with Gasteiger partial charge in [-0.25, -0.2) is 13.4 Å². The molecule has 0 saturated heterocycles. The first-order chi connectivity index (χ1) is 16.3. The molecule has 5 rings (SSSR count). The molecule has 3 heterocycles. The Labute approximate surface area is 200 Å². The van der Waals surface area contributed by atoms with Gasteiger partial charge in [0.15, 0.2) is 0 Å². The molecule has 9 heteroatoms. The van der Waals surface area contributed by atoms with Crippen LogP contribution in [-0.4, -0.2) is 22.4 Å². The molecule has 0 atom stereocenters. The van der Waals surface area contributed by atoms with Gasteiger partial charge in [-0.15, -0.1) is 0 Å². The van der Waals surface area contributed by atoms with Crippen LogP contribution in [0.5, 0.6) is 0 Å². The van der Waals surface area contributed by atoms with Crippen LogP contribution in [0.2, 0.25) is 5.02 Å². The van der Waals surface area contributed by atoms with E-state index in [0.29, 0.717) is 16.2 Å². The van der Waals surface area contributed by atoms with Crippen molar-refractivity contribution in [3.63, 3.8) is 0 Å². The molecule has 34 heavy (non-hydrogen) atoms. The van der Waals surface area contributed by atoms with E-state index >= 15 is 0 Å². The van der Waals surface area contributed by atoms with Crippen LogP contribution in [0, 0.1) is 12.3 Å². The Bertz CT molecular complexity index is 1810. The number of rotatable bonds is 4. The summed E-state index contributed by atoms with van der Waals surface area (Å²) in [5.74, 6) is 0. The molecule has 0 bridgehead atoms. The second kappa shape index (κ2) is 8.23. The zero-order valence-electron chi connectivity index (χ0n) is 18.1. The number of nitrogens with one attached hydrogen (secondary N) is 1. The highest BCUT2D eigenvalue weighted by atomic mass is 35.5. The van der Waals surface area contributed by atoms with Crippen molar-refractivity contribution in [3.8, 4) is 0 Å². The summed E-state index contributed by atoms with van der Waals surface area (Å²) in [5.41, 5.74) is 1.41. The van der Waals surface area contributed by atoms with E-state index in [0.717, 1.165) is 5.56 Å². The number of hydrogen-bond acceptors (Lipinski definition) is 5. The molecule has 170 valence electrons. The van der Waals surface area contributed by atoms with Crippen molar-refractivity contribution < 1.29 is 8.42 Å². The highest BCUT2D eigenvalue weighted by molar-refractivity contribution is 7.91. The van der Waals surface area contributed by atoms with Crippen molar-refractivity contribution in [3.05, 3.63) is 111 Å². The molecule has 0 spiro atoms. The largest absolute Gasteiger partial charge is 0.305 e. The van der Waals surface area contributed by atoms with Crippen LogP contribution >= 0.6 is 11.6 Å². The lowest BCUT2D eigenvalue weighted by Gasteiger charge is -2.16. The van der Waals surface area contributed by atoms with Crippen LogP contribution < -0.4 is 11.0 Å². The average Bonchev–Trinajstić information content (AvgIpc) is 2.83. The zero-order valence-corrected chi connectivity index (χ0v) is 19.6. The minimum atomic E-state index is -4.08. The summed E-state index contributed by atoms with van der Waals surface area (Å²) in [6.07, 6.45) is 1.59. The van der Waals surface area contributed by atoms with E-state index < -0.39 is 15.4 Å². The van der Waals surface area contributed by atoms with Crippen LogP contribution in [0.25, 0.3) is 16.7 Å². The molecule has 0 fully saturated rings.